The maximum atomic E-state index is 11.4. The molecule has 0 N–H and O–H groups in total. The number of nitrogens with zero attached hydrogens (tertiary/aromatic N) is 1. The molecule has 1 fully saturated rings. The van der Waals surface area contributed by atoms with Crippen molar-refractivity contribution in [2.75, 3.05) is 19.3 Å². The van der Waals surface area contributed by atoms with Gasteiger partial charge >= 0.3 is 0 Å². The number of rotatable bonds is 5. The number of sulfonamides is 1. The number of hydrogen-bond acceptors (Lipinski definition) is 3. The summed E-state index contributed by atoms with van der Waals surface area (Å²) in [6.45, 7) is 3.19. The highest BCUT2D eigenvalue weighted by atomic mass is 32.2. The van der Waals surface area contributed by atoms with Gasteiger partial charge in [0.1, 0.15) is 6.29 Å². The Kier molecular flexibility index (Phi) is 4.92. The Labute approximate surface area is 98.1 Å². The van der Waals surface area contributed by atoms with Crippen molar-refractivity contribution < 1.29 is 13.2 Å². The van der Waals surface area contributed by atoms with Crippen molar-refractivity contribution in [3.8, 4) is 0 Å². The molecule has 16 heavy (non-hydrogen) atoms. The Morgan fingerprint density at radius 3 is 2.75 bits per heavy atom. The molecular weight excluding hydrogens is 226 g/mol. The molecule has 0 aromatic heterocycles. The van der Waals surface area contributed by atoms with Crippen molar-refractivity contribution in [3.05, 3.63) is 0 Å². The second-order valence-electron chi connectivity index (χ2n) is 4.82. The fourth-order valence-corrected chi connectivity index (χ4v) is 3.07. The van der Waals surface area contributed by atoms with Crippen LogP contribution >= 0.6 is 0 Å². The van der Waals surface area contributed by atoms with Gasteiger partial charge in [-0.25, -0.2) is 12.7 Å². The summed E-state index contributed by atoms with van der Waals surface area (Å²) in [6.07, 6.45) is 6.07. The Bertz CT molecular complexity index is 326. The van der Waals surface area contributed by atoms with E-state index < -0.39 is 10.0 Å². The average molecular weight is 247 g/mol. The van der Waals surface area contributed by atoms with E-state index in [4.69, 9.17) is 0 Å². The van der Waals surface area contributed by atoms with Gasteiger partial charge in [0.05, 0.1) is 6.26 Å². The normalized spacial score (nSPS) is 25.2. The van der Waals surface area contributed by atoms with Crippen LogP contribution in [-0.2, 0) is 14.8 Å². The first-order valence-electron chi connectivity index (χ1n) is 5.84. The van der Waals surface area contributed by atoms with Gasteiger partial charge in [0, 0.05) is 19.0 Å². The zero-order valence-electron chi connectivity index (χ0n) is 10.1. The molecule has 0 aromatic carbocycles. The Hall–Kier alpha value is -0.420. The molecule has 0 saturated carbocycles. The maximum absolute atomic E-state index is 11.4. The number of aldehydes is 1. The summed E-state index contributed by atoms with van der Waals surface area (Å²) in [4.78, 5) is 10.5. The smallest absolute Gasteiger partial charge is 0.211 e. The lowest BCUT2D eigenvalue weighted by atomic mass is 9.91. The lowest BCUT2D eigenvalue weighted by molar-refractivity contribution is -0.110. The Morgan fingerprint density at radius 1 is 1.50 bits per heavy atom. The topological polar surface area (TPSA) is 54.5 Å². The van der Waals surface area contributed by atoms with E-state index in [9.17, 15) is 13.2 Å². The van der Waals surface area contributed by atoms with Gasteiger partial charge in [0.15, 0.2) is 0 Å². The molecule has 1 saturated heterocycles. The number of carbonyl (C=O) groups excluding carboxylic acids is 1. The fraction of sp³-hybridized carbons (Fsp3) is 0.909. The first-order valence-corrected chi connectivity index (χ1v) is 7.68. The molecule has 1 rings (SSSR count). The molecule has 0 bridgehead atoms. The van der Waals surface area contributed by atoms with Gasteiger partial charge in [-0.05, 0) is 31.6 Å². The van der Waals surface area contributed by atoms with E-state index in [0.717, 1.165) is 32.0 Å². The molecule has 0 spiro atoms. The Morgan fingerprint density at radius 2 is 2.19 bits per heavy atom. The zero-order valence-corrected chi connectivity index (χ0v) is 10.9. The SMILES string of the molecule is CC(C=O)CCC1CCCN(S(C)(=O)=O)C1. The molecule has 2 atom stereocenters. The largest absolute Gasteiger partial charge is 0.303 e. The van der Waals surface area contributed by atoms with E-state index >= 15 is 0 Å². The highest BCUT2D eigenvalue weighted by Crippen LogP contribution is 2.23. The van der Waals surface area contributed by atoms with Crippen LogP contribution in [0.25, 0.3) is 0 Å². The molecule has 94 valence electrons. The standard InChI is InChI=1S/C11H21NO3S/c1-10(9-13)5-6-11-4-3-7-12(8-11)16(2,14)15/h9-11H,3-8H2,1-2H3. The van der Waals surface area contributed by atoms with Crippen LogP contribution in [0.3, 0.4) is 0 Å². The van der Waals surface area contributed by atoms with Crippen LogP contribution in [0.1, 0.15) is 32.6 Å². The summed E-state index contributed by atoms with van der Waals surface area (Å²) < 4.78 is 24.4. The van der Waals surface area contributed by atoms with Gasteiger partial charge < -0.3 is 4.79 Å². The van der Waals surface area contributed by atoms with Crippen molar-refractivity contribution in [3.63, 3.8) is 0 Å². The van der Waals surface area contributed by atoms with Crippen molar-refractivity contribution in [1.82, 2.24) is 4.31 Å². The summed E-state index contributed by atoms with van der Waals surface area (Å²) in [5, 5.41) is 0. The average Bonchev–Trinajstić information content (AvgIpc) is 2.25. The molecule has 1 aliphatic rings. The number of carbonyl (C=O) groups is 1. The molecule has 0 amide bonds. The third-order valence-corrected chi connectivity index (χ3v) is 4.48. The Balaban J connectivity index is 2.42. The van der Waals surface area contributed by atoms with Crippen LogP contribution in [0.5, 0.6) is 0 Å². The minimum atomic E-state index is -3.04. The van der Waals surface area contributed by atoms with Crippen molar-refractivity contribution in [1.29, 1.82) is 0 Å². The van der Waals surface area contributed by atoms with E-state index in [1.54, 1.807) is 4.31 Å². The van der Waals surface area contributed by atoms with Gasteiger partial charge in [0.2, 0.25) is 10.0 Å². The monoisotopic (exact) mass is 247 g/mol. The molecule has 1 aliphatic heterocycles. The van der Waals surface area contributed by atoms with Crippen LogP contribution in [0.2, 0.25) is 0 Å². The molecule has 0 aliphatic carbocycles. The van der Waals surface area contributed by atoms with E-state index in [2.05, 4.69) is 0 Å². The lowest BCUT2D eigenvalue weighted by Crippen LogP contribution is -2.39. The van der Waals surface area contributed by atoms with E-state index in [1.165, 1.54) is 6.26 Å². The molecule has 0 aromatic rings. The molecule has 4 nitrogen and oxygen atoms in total. The summed E-state index contributed by atoms with van der Waals surface area (Å²) >= 11 is 0. The van der Waals surface area contributed by atoms with Gasteiger partial charge in [-0.1, -0.05) is 6.92 Å². The van der Waals surface area contributed by atoms with Crippen molar-refractivity contribution in [2.45, 2.75) is 32.6 Å². The van der Waals surface area contributed by atoms with E-state index in [0.29, 0.717) is 19.0 Å². The molecule has 5 heteroatoms. The van der Waals surface area contributed by atoms with Crippen LogP contribution in [-0.4, -0.2) is 38.4 Å². The van der Waals surface area contributed by atoms with Crippen molar-refractivity contribution in [2.24, 2.45) is 11.8 Å². The van der Waals surface area contributed by atoms with E-state index in [-0.39, 0.29) is 5.92 Å². The van der Waals surface area contributed by atoms with E-state index in [1.807, 2.05) is 6.92 Å². The maximum Gasteiger partial charge on any atom is 0.211 e. The molecule has 1 heterocycles. The third kappa shape index (κ3) is 4.22. The van der Waals surface area contributed by atoms with Gasteiger partial charge in [-0.15, -0.1) is 0 Å². The number of hydrogen-bond donors (Lipinski definition) is 0. The minimum Gasteiger partial charge on any atom is -0.303 e. The summed E-state index contributed by atoms with van der Waals surface area (Å²) in [7, 11) is -3.04. The van der Waals surface area contributed by atoms with Crippen LogP contribution in [0, 0.1) is 11.8 Å². The molecule has 2 unspecified atom stereocenters. The number of piperidine rings is 1. The van der Waals surface area contributed by atoms with Crippen LogP contribution < -0.4 is 0 Å². The predicted molar refractivity (Wildman–Crippen MR) is 63.6 cm³/mol. The van der Waals surface area contributed by atoms with Gasteiger partial charge in [-0.2, -0.15) is 0 Å². The van der Waals surface area contributed by atoms with Crippen LogP contribution in [0.15, 0.2) is 0 Å². The lowest BCUT2D eigenvalue weighted by Gasteiger charge is -2.31. The quantitative estimate of drug-likeness (QED) is 0.688. The first-order chi connectivity index (χ1) is 7.43. The summed E-state index contributed by atoms with van der Waals surface area (Å²) in [5.41, 5.74) is 0. The molecular formula is C11H21NO3S. The van der Waals surface area contributed by atoms with Gasteiger partial charge in [0.25, 0.3) is 0 Å². The highest BCUT2D eigenvalue weighted by Gasteiger charge is 2.25. The van der Waals surface area contributed by atoms with Crippen LogP contribution in [0.4, 0.5) is 0 Å². The zero-order chi connectivity index (χ0) is 12.2. The molecule has 0 radical (unpaired) electrons. The minimum absolute atomic E-state index is 0.0913. The second kappa shape index (κ2) is 5.77. The second-order valence-corrected chi connectivity index (χ2v) is 6.80. The summed E-state index contributed by atoms with van der Waals surface area (Å²) in [6, 6.07) is 0. The first kappa shape index (κ1) is 13.6. The summed E-state index contributed by atoms with van der Waals surface area (Å²) in [5.74, 6) is 0.513. The highest BCUT2D eigenvalue weighted by molar-refractivity contribution is 7.88. The van der Waals surface area contributed by atoms with Gasteiger partial charge in [-0.3, -0.25) is 0 Å². The van der Waals surface area contributed by atoms with Crippen molar-refractivity contribution >= 4 is 16.3 Å². The third-order valence-electron chi connectivity index (χ3n) is 3.21. The predicted octanol–water partition coefficient (Wildman–Crippen LogP) is 1.27. The fourth-order valence-electron chi connectivity index (χ4n) is 2.13.